The predicted octanol–water partition coefficient (Wildman–Crippen LogP) is 2.08. The Morgan fingerprint density at radius 1 is 1.35 bits per heavy atom. The summed E-state index contributed by atoms with van der Waals surface area (Å²) in [5, 5.41) is 13.5. The highest BCUT2D eigenvalue weighted by Crippen LogP contribution is 2.21. The zero-order chi connectivity index (χ0) is 13.0. The Morgan fingerprint density at radius 2 is 2.00 bits per heavy atom. The molecule has 0 fully saturated rings. The molecular formula is C12H17NO3S. The Balaban J connectivity index is 2.68. The van der Waals surface area contributed by atoms with Crippen molar-refractivity contribution in [3.8, 4) is 0 Å². The van der Waals surface area contributed by atoms with Gasteiger partial charge < -0.3 is 10.4 Å². The van der Waals surface area contributed by atoms with Crippen molar-refractivity contribution in [2.75, 3.05) is 0 Å². The normalized spacial score (nSPS) is 14.4. The molecule has 1 heterocycles. The largest absolute Gasteiger partial charge is 0.480 e. The van der Waals surface area contributed by atoms with E-state index in [-0.39, 0.29) is 17.7 Å². The van der Waals surface area contributed by atoms with Crippen LogP contribution < -0.4 is 5.32 Å². The van der Waals surface area contributed by atoms with Crippen LogP contribution in [0.1, 0.15) is 31.6 Å². The monoisotopic (exact) mass is 255 g/mol. The van der Waals surface area contributed by atoms with Crippen LogP contribution in [0.4, 0.5) is 0 Å². The molecule has 0 unspecified atom stereocenters. The van der Waals surface area contributed by atoms with Gasteiger partial charge in [-0.05, 0) is 24.3 Å². The van der Waals surface area contributed by atoms with Crippen LogP contribution in [-0.4, -0.2) is 23.0 Å². The Labute approximate surface area is 105 Å². The molecule has 0 aliphatic rings. The summed E-state index contributed by atoms with van der Waals surface area (Å²) in [6, 6.07) is 2.92. The molecule has 1 amide bonds. The molecule has 0 aliphatic heterocycles. The van der Waals surface area contributed by atoms with Gasteiger partial charge in [-0.25, -0.2) is 4.79 Å². The number of rotatable bonds is 5. The number of carbonyl (C=O) groups is 2. The third-order valence-corrected chi connectivity index (χ3v) is 3.65. The molecule has 1 rings (SSSR count). The number of carboxylic acid groups (broad SMARTS) is 1. The molecule has 2 atom stereocenters. The number of nitrogens with one attached hydrogen (secondary N) is 1. The van der Waals surface area contributed by atoms with Crippen molar-refractivity contribution in [3.63, 3.8) is 0 Å². The van der Waals surface area contributed by atoms with Gasteiger partial charge in [0.05, 0.1) is 5.92 Å². The lowest BCUT2D eigenvalue weighted by molar-refractivity contribution is -0.143. The lowest BCUT2D eigenvalue weighted by atomic mass is 10.0. The van der Waals surface area contributed by atoms with Crippen LogP contribution in [-0.2, 0) is 9.59 Å². The summed E-state index contributed by atoms with van der Waals surface area (Å²) in [5.74, 6) is -1.68. The minimum Gasteiger partial charge on any atom is -0.480 e. The van der Waals surface area contributed by atoms with Crippen molar-refractivity contribution in [2.24, 2.45) is 5.92 Å². The molecule has 0 bridgehead atoms. The van der Waals surface area contributed by atoms with E-state index in [4.69, 9.17) is 5.11 Å². The topological polar surface area (TPSA) is 66.4 Å². The van der Waals surface area contributed by atoms with E-state index in [2.05, 4.69) is 5.32 Å². The zero-order valence-corrected chi connectivity index (χ0v) is 11.0. The van der Waals surface area contributed by atoms with Crippen LogP contribution in [0.5, 0.6) is 0 Å². The highest BCUT2D eigenvalue weighted by atomic mass is 32.1. The lowest BCUT2D eigenvalue weighted by Gasteiger charge is -2.20. The summed E-state index contributed by atoms with van der Waals surface area (Å²) in [5.41, 5.74) is 0. The van der Waals surface area contributed by atoms with Crippen LogP contribution in [0.25, 0.3) is 0 Å². The van der Waals surface area contributed by atoms with Gasteiger partial charge in [-0.15, -0.1) is 11.3 Å². The van der Waals surface area contributed by atoms with Crippen LogP contribution in [0.2, 0.25) is 0 Å². The molecule has 0 radical (unpaired) electrons. The second-order valence-electron chi connectivity index (χ2n) is 4.31. The summed E-state index contributed by atoms with van der Waals surface area (Å²) in [4.78, 5) is 23.8. The summed E-state index contributed by atoms with van der Waals surface area (Å²) in [6.45, 7) is 5.32. The Bertz CT molecular complexity index is 386. The van der Waals surface area contributed by atoms with Gasteiger partial charge in [0.1, 0.15) is 6.04 Å². The van der Waals surface area contributed by atoms with Crippen molar-refractivity contribution in [2.45, 2.75) is 32.7 Å². The van der Waals surface area contributed by atoms with E-state index in [1.165, 1.54) is 11.3 Å². The third kappa shape index (κ3) is 3.56. The Kier molecular flexibility index (Phi) is 4.69. The molecule has 17 heavy (non-hydrogen) atoms. The maximum atomic E-state index is 11.9. The van der Waals surface area contributed by atoms with E-state index in [0.717, 1.165) is 4.88 Å². The average molecular weight is 255 g/mol. The van der Waals surface area contributed by atoms with Crippen molar-refractivity contribution < 1.29 is 14.7 Å². The fraction of sp³-hybridized carbons (Fsp3) is 0.500. The molecule has 0 spiro atoms. The van der Waals surface area contributed by atoms with Gasteiger partial charge in [-0.1, -0.05) is 19.9 Å². The van der Waals surface area contributed by atoms with Gasteiger partial charge in [0.25, 0.3) is 0 Å². The number of aliphatic carboxylic acids is 1. The molecule has 94 valence electrons. The Hall–Kier alpha value is -1.36. The fourth-order valence-electron chi connectivity index (χ4n) is 1.46. The molecule has 0 aromatic carbocycles. The SMILES string of the molecule is CC(C)[C@@H](NC(=O)[C@@H](C)c1cccs1)C(=O)O. The smallest absolute Gasteiger partial charge is 0.326 e. The first kappa shape index (κ1) is 13.7. The summed E-state index contributed by atoms with van der Waals surface area (Å²) in [7, 11) is 0. The first-order valence-electron chi connectivity index (χ1n) is 5.50. The van der Waals surface area contributed by atoms with Gasteiger partial charge in [-0.2, -0.15) is 0 Å². The van der Waals surface area contributed by atoms with Crippen LogP contribution in [0.3, 0.4) is 0 Å². The molecule has 0 aliphatic carbocycles. The Morgan fingerprint density at radius 3 is 2.41 bits per heavy atom. The van der Waals surface area contributed by atoms with E-state index in [0.29, 0.717) is 0 Å². The lowest BCUT2D eigenvalue weighted by Crippen LogP contribution is -2.45. The maximum absolute atomic E-state index is 11.9. The fourth-order valence-corrected chi connectivity index (χ4v) is 2.24. The van der Waals surface area contributed by atoms with Crippen LogP contribution in [0.15, 0.2) is 17.5 Å². The second-order valence-corrected chi connectivity index (χ2v) is 5.28. The van der Waals surface area contributed by atoms with Crippen molar-refractivity contribution in [1.82, 2.24) is 5.32 Å². The van der Waals surface area contributed by atoms with E-state index in [1.807, 2.05) is 17.5 Å². The molecular weight excluding hydrogens is 238 g/mol. The highest BCUT2D eigenvalue weighted by molar-refractivity contribution is 7.10. The van der Waals surface area contributed by atoms with Gasteiger partial charge in [0.2, 0.25) is 5.91 Å². The number of hydrogen-bond acceptors (Lipinski definition) is 3. The molecule has 1 aromatic heterocycles. The zero-order valence-electron chi connectivity index (χ0n) is 10.1. The number of thiophene rings is 1. The van der Waals surface area contributed by atoms with Crippen molar-refractivity contribution >= 4 is 23.2 Å². The number of hydrogen-bond donors (Lipinski definition) is 2. The van der Waals surface area contributed by atoms with Crippen molar-refractivity contribution in [3.05, 3.63) is 22.4 Å². The summed E-state index contributed by atoms with van der Waals surface area (Å²) >= 11 is 1.49. The summed E-state index contributed by atoms with van der Waals surface area (Å²) in [6.07, 6.45) is 0. The van der Waals surface area contributed by atoms with E-state index in [1.54, 1.807) is 20.8 Å². The first-order chi connectivity index (χ1) is 7.93. The molecule has 0 saturated carbocycles. The second kappa shape index (κ2) is 5.82. The predicted molar refractivity (Wildman–Crippen MR) is 67.1 cm³/mol. The molecule has 0 saturated heterocycles. The van der Waals surface area contributed by atoms with Crippen molar-refractivity contribution in [1.29, 1.82) is 0 Å². The van der Waals surface area contributed by atoms with E-state index in [9.17, 15) is 9.59 Å². The van der Waals surface area contributed by atoms with Gasteiger partial charge in [0.15, 0.2) is 0 Å². The highest BCUT2D eigenvalue weighted by Gasteiger charge is 2.26. The standard InChI is InChI=1S/C12H17NO3S/c1-7(2)10(12(15)16)13-11(14)8(3)9-5-4-6-17-9/h4-8,10H,1-3H3,(H,13,14)(H,15,16)/t8-,10+/m0/s1. The first-order valence-corrected chi connectivity index (χ1v) is 6.38. The average Bonchev–Trinajstić information content (AvgIpc) is 2.76. The quantitative estimate of drug-likeness (QED) is 0.846. The van der Waals surface area contributed by atoms with Gasteiger partial charge >= 0.3 is 5.97 Å². The van der Waals surface area contributed by atoms with Crippen LogP contribution in [0, 0.1) is 5.92 Å². The third-order valence-electron chi connectivity index (χ3n) is 2.59. The van der Waals surface area contributed by atoms with E-state index >= 15 is 0 Å². The van der Waals surface area contributed by atoms with Crippen LogP contribution >= 0.6 is 11.3 Å². The number of carbonyl (C=O) groups excluding carboxylic acids is 1. The molecule has 5 heteroatoms. The summed E-state index contributed by atoms with van der Waals surface area (Å²) < 4.78 is 0. The van der Waals surface area contributed by atoms with Gasteiger partial charge in [-0.3, -0.25) is 4.79 Å². The number of amides is 1. The number of carboxylic acids is 1. The maximum Gasteiger partial charge on any atom is 0.326 e. The van der Waals surface area contributed by atoms with E-state index < -0.39 is 12.0 Å². The molecule has 4 nitrogen and oxygen atoms in total. The minimum absolute atomic E-state index is 0.132. The van der Waals surface area contributed by atoms with Gasteiger partial charge in [0, 0.05) is 4.88 Å². The molecule has 1 aromatic rings. The minimum atomic E-state index is -0.994. The molecule has 2 N–H and O–H groups in total.